The molecule has 0 spiro atoms. The smallest absolute Gasteiger partial charge is 0.335 e. The highest BCUT2D eigenvalue weighted by atomic mass is 19.1. The Morgan fingerprint density at radius 2 is 2.00 bits per heavy atom. The molecule has 3 rings (SSSR count). The third-order valence-corrected chi connectivity index (χ3v) is 3.89. The van der Waals surface area contributed by atoms with Gasteiger partial charge in [-0.1, -0.05) is 0 Å². The molecule has 132 valence electrons. The number of hydrogen-bond donors (Lipinski definition) is 3. The molecule has 8 heteroatoms. The van der Waals surface area contributed by atoms with Gasteiger partial charge in [0.25, 0.3) is 0 Å². The Bertz CT molecular complexity index is 990. The molecule has 0 saturated heterocycles. The number of rotatable bonds is 4. The maximum Gasteiger partial charge on any atom is 0.335 e. The summed E-state index contributed by atoms with van der Waals surface area (Å²) in [5, 5.41) is 11.9. The van der Waals surface area contributed by atoms with Gasteiger partial charge >= 0.3 is 5.97 Å². The van der Waals surface area contributed by atoms with Crippen LogP contribution in [0.5, 0.6) is 0 Å². The van der Waals surface area contributed by atoms with Crippen molar-refractivity contribution in [1.82, 2.24) is 15.0 Å². The van der Waals surface area contributed by atoms with Crippen LogP contribution in [-0.2, 0) is 0 Å². The number of nitrogens with two attached hydrogens (primary N) is 1. The number of halogens is 1. The average molecular weight is 353 g/mol. The van der Waals surface area contributed by atoms with Crippen LogP contribution < -0.4 is 11.1 Å². The van der Waals surface area contributed by atoms with Gasteiger partial charge in [0.05, 0.1) is 17.0 Å². The zero-order valence-corrected chi connectivity index (χ0v) is 14.1. The molecule has 4 N–H and O–H groups in total. The van der Waals surface area contributed by atoms with Crippen molar-refractivity contribution < 1.29 is 14.3 Å². The number of aromatic nitrogens is 3. The van der Waals surface area contributed by atoms with Crippen molar-refractivity contribution in [2.24, 2.45) is 0 Å². The van der Waals surface area contributed by atoms with E-state index >= 15 is 0 Å². The summed E-state index contributed by atoms with van der Waals surface area (Å²) in [6.07, 6.45) is 1.63. The van der Waals surface area contributed by atoms with E-state index < -0.39 is 11.8 Å². The second kappa shape index (κ2) is 6.75. The van der Waals surface area contributed by atoms with E-state index in [1.807, 2.05) is 6.07 Å². The Kier molecular flexibility index (Phi) is 4.49. The van der Waals surface area contributed by atoms with Crippen LogP contribution >= 0.6 is 0 Å². The predicted molar refractivity (Wildman–Crippen MR) is 96.3 cm³/mol. The fourth-order valence-corrected chi connectivity index (χ4v) is 2.66. The van der Waals surface area contributed by atoms with E-state index in [0.29, 0.717) is 22.6 Å². The third kappa shape index (κ3) is 3.16. The molecule has 0 atom stereocenters. The highest BCUT2D eigenvalue weighted by Gasteiger charge is 2.19. The van der Waals surface area contributed by atoms with Crippen LogP contribution in [0.4, 0.5) is 16.2 Å². The molecule has 0 unspecified atom stereocenters. The van der Waals surface area contributed by atoms with Crippen LogP contribution in [0.15, 0.2) is 36.5 Å². The van der Waals surface area contributed by atoms with Crippen molar-refractivity contribution in [3.63, 3.8) is 0 Å². The maximum atomic E-state index is 14.6. The van der Waals surface area contributed by atoms with Crippen LogP contribution in [0.3, 0.4) is 0 Å². The molecular formula is C18H16FN5O2. The number of nitrogen functional groups attached to an aromatic ring is 1. The van der Waals surface area contributed by atoms with Crippen molar-refractivity contribution >= 4 is 17.7 Å². The van der Waals surface area contributed by atoms with E-state index in [1.54, 1.807) is 26.2 Å². The summed E-state index contributed by atoms with van der Waals surface area (Å²) < 4.78 is 14.6. The van der Waals surface area contributed by atoms with E-state index in [0.717, 1.165) is 6.07 Å². The number of nitrogens with one attached hydrogen (secondary N) is 1. The second-order valence-corrected chi connectivity index (χ2v) is 5.57. The summed E-state index contributed by atoms with van der Waals surface area (Å²) in [7, 11) is 1.75. The predicted octanol–water partition coefficient (Wildman–Crippen LogP) is 2.98. The molecule has 0 amide bonds. The average Bonchev–Trinajstić information content (AvgIpc) is 2.61. The second-order valence-electron chi connectivity index (χ2n) is 5.57. The Balaban J connectivity index is 2.22. The standard InChI is InChI=1S/C18H16FN5O2/c1-9-15(11-4-6-14(21-2)22-8-11)16(24-18(20)23-9)12-5-3-10(17(25)26)7-13(12)19/h3-8H,1-2H3,(H,21,22)(H,25,26)(H2,20,23,24). The molecule has 0 aliphatic carbocycles. The summed E-state index contributed by atoms with van der Waals surface area (Å²) in [5.41, 5.74) is 7.86. The number of benzene rings is 1. The van der Waals surface area contributed by atoms with Gasteiger partial charge in [-0.05, 0) is 37.3 Å². The Morgan fingerprint density at radius 3 is 2.58 bits per heavy atom. The number of aromatic carboxylic acids is 1. The summed E-state index contributed by atoms with van der Waals surface area (Å²) in [6.45, 7) is 1.74. The molecule has 0 fully saturated rings. The normalized spacial score (nSPS) is 10.6. The van der Waals surface area contributed by atoms with Gasteiger partial charge in [-0.15, -0.1) is 0 Å². The Labute approximate surface area is 148 Å². The zero-order valence-electron chi connectivity index (χ0n) is 14.1. The van der Waals surface area contributed by atoms with Crippen LogP contribution in [-0.4, -0.2) is 33.1 Å². The third-order valence-electron chi connectivity index (χ3n) is 3.89. The fraction of sp³-hybridized carbons (Fsp3) is 0.111. The van der Waals surface area contributed by atoms with Gasteiger partial charge in [0, 0.05) is 29.9 Å². The van der Waals surface area contributed by atoms with Gasteiger partial charge in [-0.25, -0.2) is 24.1 Å². The molecule has 0 saturated carbocycles. The first-order valence-electron chi connectivity index (χ1n) is 7.72. The molecule has 2 heterocycles. The van der Waals surface area contributed by atoms with E-state index in [-0.39, 0.29) is 22.8 Å². The van der Waals surface area contributed by atoms with Gasteiger partial charge in [-0.2, -0.15) is 0 Å². The molecule has 0 aliphatic rings. The lowest BCUT2D eigenvalue weighted by Crippen LogP contribution is -2.04. The lowest BCUT2D eigenvalue weighted by Gasteiger charge is -2.14. The van der Waals surface area contributed by atoms with Gasteiger partial charge in [0.15, 0.2) is 0 Å². The molecule has 0 aliphatic heterocycles. The van der Waals surface area contributed by atoms with Crippen LogP contribution in [0.25, 0.3) is 22.4 Å². The fourth-order valence-electron chi connectivity index (χ4n) is 2.66. The lowest BCUT2D eigenvalue weighted by atomic mass is 9.98. The van der Waals surface area contributed by atoms with Gasteiger partial charge in [0.2, 0.25) is 5.95 Å². The summed E-state index contributed by atoms with van der Waals surface area (Å²) in [5.74, 6) is -1.23. The Hall–Kier alpha value is -3.55. The quantitative estimate of drug-likeness (QED) is 0.660. The minimum atomic E-state index is -1.21. The number of carbonyl (C=O) groups is 1. The minimum absolute atomic E-state index is 0.00256. The van der Waals surface area contributed by atoms with Gasteiger partial charge in [0.1, 0.15) is 11.6 Å². The highest BCUT2D eigenvalue weighted by Crippen LogP contribution is 2.34. The largest absolute Gasteiger partial charge is 0.478 e. The Morgan fingerprint density at radius 1 is 1.23 bits per heavy atom. The van der Waals surface area contributed by atoms with Gasteiger partial charge in [-0.3, -0.25) is 0 Å². The first kappa shape index (κ1) is 17.3. The van der Waals surface area contributed by atoms with E-state index in [2.05, 4.69) is 20.3 Å². The first-order chi connectivity index (χ1) is 12.4. The van der Waals surface area contributed by atoms with E-state index in [4.69, 9.17) is 10.8 Å². The maximum absolute atomic E-state index is 14.6. The summed E-state index contributed by atoms with van der Waals surface area (Å²) in [4.78, 5) is 23.6. The number of pyridine rings is 1. The summed E-state index contributed by atoms with van der Waals surface area (Å²) in [6, 6.07) is 7.24. The molecule has 26 heavy (non-hydrogen) atoms. The van der Waals surface area contributed by atoms with Crippen LogP contribution in [0.1, 0.15) is 16.1 Å². The molecule has 0 radical (unpaired) electrons. The SMILES string of the molecule is CNc1ccc(-c2c(C)nc(N)nc2-c2ccc(C(=O)O)cc2F)cn1. The molecule has 0 bridgehead atoms. The van der Waals surface area contributed by atoms with E-state index in [9.17, 15) is 9.18 Å². The number of hydrogen-bond acceptors (Lipinski definition) is 6. The zero-order chi connectivity index (χ0) is 18.8. The monoisotopic (exact) mass is 353 g/mol. The number of aryl methyl sites for hydroxylation is 1. The molecule has 1 aromatic carbocycles. The topological polar surface area (TPSA) is 114 Å². The molecular weight excluding hydrogens is 337 g/mol. The lowest BCUT2D eigenvalue weighted by molar-refractivity contribution is 0.0696. The van der Waals surface area contributed by atoms with Crippen LogP contribution in [0.2, 0.25) is 0 Å². The van der Waals surface area contributed by atoms with Crippen molar-refractivity contribution in [2.45, 2.75) is 6.92 Å². The van der Waals surface area contributed by atoms with Crippen molar-refractivity contribution in [1.29, 1.82) is 0 Å². The molecule has 2 aromatic heterocycles. The molecule has 3 aromatic rings. The summed E-state index contributed by atoms with van der Waals surface area (Å²) >= 11 is 0. The van der Waals surface area contributed by atoms with Crippen LogP contribution in [0, 0.1) is 12.7 Å². The first-order valence-corrected chi connectivity index (χ1v) is 7.72. The number of carboxylic acids is 1. The molecule has 7 nitrogen and oxygen atoms in total. The highest BCUT2D eigenvalue weighted by molar-refractivity contribution is 5.89. The minimum Gasteiger partial charge on any atom is -0.478 e. The number of nitrogens with zero attached hydrogens (tertiary/aromatic N) is 3. The van der Waals surface area contributed by atoms with Gasteiger partial charge < -0.3 is 16.2 Å². The van der Waals surface area contributed by atoms with Crippen molar-refractivity contribution in [2.75, 3.05) is 18.1 Å². The van der Waals surface area contributed by atoms with Crippen molar-refractivity contribution in [3.8, 4) is 22.4 Å². The van der Waals surface area contributed by atoms with Crippen molar-refractivity contribution in [3.05, 3.63) is 53.6 Å². The van der Waals surface area contributed by atoms with E-state index in [1.165, 1.54) is 12.1 Å². The number of carboxylic acid groups (broad SMARTS) is 1. The number of anilines is 2.